The molecule has 0 aliphatic carbocycles. The number of hydrogen-bond donors (Lipinski definition) is 1. The van der Waals surface area contributed by atoms with Crippen molar-refractivity contribution < 1.29 is 14.3 Å². The van der Waals surface area contributed by atoms with Crippen LogP contribution in [0.2, 0.25) is 0 Å². The van der Waals surface area contributed by atoms with Gasteiger partial charge in [-0.1, -0.05) is 12.1 Å². The first-order valence-corrected chi connectivity index (χ1v) is 10.7. The van der Waals surface area contributed by atoms with Crippen molar-refractivity contribution in [2.24, 2.45) is 7.05 Å². The van der Waals surface area contributed by atoms with Gasteiger partial charge in [0.25, 0.3) is 5.56 Å². The van der Waals surface area contributed by atoms with Crippen molar-refractivity contribution in [1.82, 2.24) is 13.7 Å². The van der Waals surface area contributed by atoms with Crippen molar-refractivity contribution in [3.63, 3.8) is 0 Å². The molecule has 0 aliphatic rings. The van der Waals surface area contributed by atoms with Crippen molar-refractivity contribution in [3.8, 4) is 17.2 Å². The molecule has 2 aromatic heterocycles. The molecular weight excluding hydrogens is 436 g/mol. The van der Waals surface area contributed by atoms with Crippen LogP contribution < -0.4 is 26.0 Å². The normalized spacial score (nSPS) is 11.0. The van der Waals surface area contributed by atoms with Gasteiger partial charge in [0.2, 0.25) is 5.91 Å². The lowest BCUT2D eigenvalue weighted by atomic mass is 10.2. The van der Waals surface area contributed by atoms with Crippen LogP contribution in [-0.2, 0) is 18.4 Å². The van der Waals surface area contributed by atoms with Crippen LogP contribution in [0.4, 0.5) is 5.69 Å². The Kier molecular flexibility index (Phi) is 6.02. The monoisotopic (exact) mass is 462 g/mol. The lowest BCUT2D eigenvalue weighted by Gasteiger charge is -2.14. The Hall–Kier alpha value is -4.27. The number of nitrogens with one attached hydrogen (secondary N) is 1. The van der Waals surface area contributed by atoms with Gasteiger partial charge in [0, 0.05) is 36.6 Å². The second kappa shape index (κ2) is 8.93. The van der Waals surface area contributed by atoms with Crippen LogP contribution in [0.1, 0.15) is 11.3 Å². The molecule has 0 unspecified atom stereocenters. The maximum atomic E-state index is 13.5. The van der Waals surface area contributed by atoms with E-state index in [1.807, 2.05) is 19.9 Å². The van der Waals surface area contributed by atoms with Gasteiger partial charge in [0.1, 0.15) is 23.6 Å². The third kappa shape index (κ3) is 4.07. The van der Waals surface area contributed by atoms with E-state index in [2.05, 4.69) is 5.32 Å². The molecule has 0 atom stereocenters. The van der Waals surface area contributed by atoms with E-state index in [0.29, 0.717) is 33.9 Å². The molecule has 9 nitrogen and oxygen atoms in total. The van der Waals surface area contributed by atoms with Crippen molar-refractivity contribution in [1.29, 1.82) is 0 Å². The molecule has 9 heteroatoms. The Morgan fingerprint density at radius 2 is 1.65 bits per heavy atom. The number of aryl methyl sites for hydroxylation is 3. The number of carbonyl (C=O) groups excluding carboxylic acids is 1. The van der Waals surface area contributed by atoms with Crippen LogP contribution in [0.5, 0.6) is 11.5 Å². The van der Waals surface area contributed by atoms with Gasteiger partial charge in [-0.2, -0.15) is 0 Å². The van der Waals surface area contributed by atoms with E-state index in [1.54, 1.807) is 54.1 Å². The molecule has 34 heavy (non-hydrogen) atoms. The Morgan fingerprint density at radius 1 is 0.971 bits per heavy atom. The van der Waals surface area contributed by atoms with E-state index in [4.69, 9.17) is 9.47 Å². The van der Waals surface area contributed by atoms with Crippen LogP contribution in [0.3, 0.4) is 0 Å². The van der Waals surface area contributed by atoms with Crippen molar-refractivity contribution in [2.75, 3.05) is 19.5 Å². The predicted octanol–water partition coefficient (Wildman–Crippen LogP) is 2.76. The minimum absolute atomic E-state index is 0.287. The average molecular weight is 463 g/mol. The number of nitrogens with zero attached hydrogens (tertiary/aromatic N) is 3. The maximum Gasteiger partial charge on any atom is 0.336 e. The quantitative estimate of drug-likeness (QED) is 0.475. The summed E-state index contributed by atoms with van der Waals surface area (Å²) in [5.74, 6) is 0.594. The number of fused-ring (bicyclic) bond motifs is 1. The molecule has 1 amide bonds. The molecule has 0 saturated carbocycles. The average Bonchev–Trinajstić information content (AvgIpc) is 3.10. The molecule has 2 aromatic carbocycles. The third-order valence-electron chi connectivity index (χ3n) is 5.77. The molecule has 0 saturated heterocycles. The van der Waals surface area contributed by atoms with Crippen molar-refractivity contribution in [2.45, 2.75) is 20.4 Å². The molecule has 0 bridgehead atoms. The molecule has 4 rings (SSSR count). The van der Waals surface area contributed by atoms with E-state index in [0.717, 1.165) is 15.8 Å². The molecule has 0 spiro atoms. The smallest absolute Gasteiger partial charge is 0.336 e. The summed E-state index contributed by atoms with van der Waals surface area (Å²) < 4.78 is 14.7. The van der Waals surface area contributed by atoms with Crippen molar-refractivity contribution >= 4 is 22.6 Å². The summed E-state index contributed by atoms with van der Waals surface area (Å²) in [5, 5.41) is 2.78. The zero-order valence-electron chi connectivity index (χ0n) is 19.7. The summed E-state index contributed by atoms with van der Waals surface area (Å²) in [7, 11) is 4.79. The van der Waals surface area contributed by atoms with Gasteiger partial charge < -0.3 is 19.4 Å². The Morgan fingerprint density at radius 3 is 2.26 bits per heavy atom. The van der Waals surface area contributed by atoms with E-state index in [9.17, 15) is 14.4 Å². The topological polar surface area (TPSA) is 96.5 Å². The van der Waals surface area contributed by atoms with Gasteiger partial charge in [-0.15, -0.1) is 0 Å². The van der Waals surface area contributed by atoms with E-state index < -0.39 is 17.2 Å². The summed E-state index contributed by atoms with van der Waals surface area (Å²) in [6.07, 6.45) is 0. The number of carbonyl (C=O) groups is 1. The maximum absolute atomic E-state index is 13.5. The highest BCUT2D eigenvalue weighted by molar-refractivity contribution is 5.92. The van der Waals surface area contributed by atoms with Gasteiger partial charge in [-0.3, -0.25) is 14.2 Å². The number of ether oxygens (including phenoxy) is 2. The molecule has 0 aliphatic heterocycles. The predicted molar refractivity (Wildman–Crippen MR) is 130 cm³/mol. The lowest BCUT2D eigenvalue weighted by molar-refractivity contribution is -0.116. The number of rotatable bonds is 6. The summed E-state index contributed by atoms with van der Waals surface area (Å²) in [6, 6.07) is 13.9. The second-order valence-corrected chi connectivity index (χ2v) is 8.08. The minimum Gasteiger partial charge on any atom is -0.497 e. The van der Waals surface area contributed by atoms with Gasteiger partial charge in [0.15, 0.2) is 0 Å². The van der Waals surface area contributed by atoms with Gasteiger partial charge >= 0.3 is 5.69 Å². The van der Waals surface area contributed by atoms with E-state index >= 15 is 0 Å². The number of anilines is 1. The third-order valence-corrected chi connectivity index (χ3v) is 5.77. The van der Waals surface area contributed by atoms with Crippen LogP contribution in [0.15, 0.2) is 58.1 Å². The highest BCUT2D eigenvalue weighted by Crippen LogP contribution is 2.26. The van der Waals surface area contributed by atoms with E-state index in [1.165, 1.54) is 18.8 Å². The Labute approximate surface area is 195 Å². The number of hydrogen-bond acceptors (Lipinski definition) is 5. The summed E-state index contributed by atoms with van der Waals surface area (Å²) in [5.41, 5.74) is 2.32. The zero-order chi connectivity index (χ0) is 24.6. The van der Waals surface area contributed by atoms with Crippen molar-refractivity contribution in [3.05, 3.63) is 80.6 Å². The first kappa shape index (κ1) is 22.9. The Bertz CT molecular complexity index is 1500. The SMILES string of the molecule is COc1cc(NC(=O)Cn2c(=O)n(-c3cccc(C)c3)c(=O)c3c2cc(C)n3C)cc(OC)c1. The Balaban J connectivity index is 1.83. The fourth-order valence-corrected chi connectivity index (χ4v) is 3.96. The van der Waals surface area contributed by atoms with Crippen LogP contribution in [0, 0.1) is 13.8 Å². The highest BCUT2D eigenvalue weighted by atomic mass is 16.5. The van der Waals surface area contributed by atoms with Gasteiger partial charge in [-0.05, 0) is 37.6 Å². The molecule has 176 valence electrons. The van der Waals surface area contributed by atoms with E-state index in [-0.39, 0.29) is 6.54 Å². The first-order valence-electron chi connectivity index (χ1n) is 10.7. The molecule has 1 N–H and O–H groups in total. The molecule has 0 radical (unpaired) electrons. The molecule has 2 heterocycles. The standard InChI is InChI=1S/C25H26N4O5/c1-15-7-6-8-18(9-15)29-24(31)23-21(10-16(2)27(23)3)28(25(29)32)14-22(30)26-17-11-19(33-4)13-20(12-17)34-5/h6-13H,14H2,1-5H3,(H,26,30). The van der Waals surface area contributed by atoms with Crippen LogP contribution >= 0.6 is 0 Å². The molecular formula is C25H26N4O5. The fourth-order valence-electron chi connectivity index (χ4n) is 3.96. The number of aromatic nitrogens is 3. The largest absolute Gasteiger partial charge is 0.497 e. The zero-order valence-corrected chi connectivity index (χ0v) is 19.7. The highest BCUT2D eigenvalue weighted by Gasteiger charge is 2.20. The first-order chi connectivity index (χ1) is 16.2. The van der Waals surface area contributed by atoms with Crippen LogP contribution in [0.25, 0.3) is 16.7 Å². The number of amides is 1. The molecule has 4 aromatic rings. The summed E-state index contributed by atoms with van der Waals surface area (Å²) in [6.45, 7) is 3.44. The summed E-state index contributed by atoms with van der Waals surface area (Å²) in [4.78, 5) is 39.9. The number of methoxy groups -OCH3 is 2. The number of benzene rings is 2. The fraction of sp³-hybridized carbons (Fsp3) is 0.240. The van der Waals surface area contributed by atoms with Gasteiger partial charge in [-0.25, -0.2) is 9.36 Å². The summed E-state index contributed by atoms with van der Waals surface area (Å²) >= 11 is 0. The minimum atomic E-state index is -0.591. The second-order valence-electron chi connectivity index (χ2n) is 8.08. The lowest BCUT2D eigenvalue weighted by Crippen LogP contribution is -2.41. The van der Waals surface area contributed by atoms with Crippen LogP contribution in [-0.4, -0.2) is 33.8 Å². The van der Waals surface area contributed by atoms with Gasteiger partial charge in [0.05, 0.1) is 25.4 Å². The molecule has 0 fully saturated rings.